The van der Waals surface area contributed by atoms with Crippen molar-refractivity contribution in [2.45, 2.75) is 51.2 Å². The van der Waals surface area contributed by atoms with Gasteiger partial charge in [0.25, 0.3) is 0 Å². The van der Waals surface area contributed by atoms with Gasteiger partial charge >= 0.3 is 0 Å². The van der Waals surface area contributed by atoms with Gasteiger partial charge in [-0.2, -0.15) is 0 Å². The maximum atomic E-state index is 14.0. The van der Waals surface area contributed by atoms with Crippen LogP contribution in [0.1, 0.15) is 49.8 Å². The first kappa shape index (κ1) is 19.1. The van der Waals surface area contributed by atoms with Crippen molar-refractivity contribution in [3.05, 3.63) is 58.4 Å². The first-order chi connectivity index (χ1) is 12.6. The van der Waals surface area contributed by atoms with E-state index < -0.39 is 11.7 Å². The van der Waals surface area contributed by atoms with E-state index in [1.54, 1.807) is 0 Å². The van der Waals surface area contributed by atoms with Gasteiger partial charge in [0.15, 0.2) is 11.7 Å². The number of hydrogen-bond donors (Lipinski definition) is 0. The van der Waals surface area contributed by atoms with E-state index >= 15 is 0 Å². The van der Waals surface area contributed by atoms with Crippen molar-refractivity contribution >= 4 is 0 Å². The minimum Gasteiger partial charge on any atom is -0.498 e. The lowest BCUT2D eigenvalue weighted by atomic mass is 9.98. The van der Waals surface area contributed by atoms with Gasteiger partial charge in [0.1, 0.15) is 5.76 Å². The van der Waals surface area contributed by atoms with Crippen LogP contribution in [0.25, 0.3) is 0 Å². The van der Waals surface area contributed by atoms with E-state index in [0.29, 0.717) is 25.0 Å². The Morgan fingerprint density at radius 1 is 1.08 bits per heavy atom. The number of benzene rings is 1. The minimum atomic E-state index is -0.896. The van der Waals surface area contributed by atoms with Crippen molar-refractivity contribution in [1.82, 2.24) is 0 Å². The third kappa shape index (κ3) is 4.33. The topological polar surface area (TPSA) is 27.7 Å². The summed E-state index contributed by atoms with van der Waals surface area (Å²) >= 11 is 0. The van der Waals surface area contributed by atoms with Crippen molar-refractivity contribution in [2.75, 3.05) is 20.3 Å². The monoisotopic (exact) mass is 364 g/mol. The summed E-state index contributed by atoms with van der Waals surface area (Å²) in [5.41, 5.74) is 2.85. The second-order valence-corrected chi connectivity index (χ2v) is 6.79. The SMILES string of the molecule is CCc1ccc(C2CCC(OCC3=C(F)C(F)=C(OC)CC3)CO2)cc1. The molecule has 0 N–H and O–H groups in total. The highest BCUT2D eigenvalue weighted by Gasteiger charge is 2.26. The first-order valence-corrected chi connectivity index (χ1v) is 9.25. The van der Waals surface area contributed by atoms with Crippen molar-refractivity contribution in [3.8, 4) is 0 Å². The van der Waals surface area contributed by atoms with Crippen LogP contribution in [-0.2, 0) is 20.6 Å². The average Bonchev–Trinajstić information content (AvgIpc) is 2.70. The van der Waals surface area contributed by atoms with Crippen molar-refractivity contribution in [1.29, 1.82) is 0 Å². The van der Waals surface area contributed by atoms with Crippen LogP contribution < -0.4 is 0 Å². The van der Waals surface area contributed by atoms with Gasteiger partial charge < -0.3 is 14.2 Å². The van der Waals surface area contributed by atoms with Gasteiger partial charge in [-0.1, -0.05) is 31.2 Å². The normalized spacial score (nSPS) is 24.2. The Morgan fingerprint density at radius 2 is 1.85 bits per heavy atom. The molecule has 1 aliphatic heterocycles. The summed E-state index contributed by atoms with van der Waals surface area (Å²) in [6.07, 6.45) is 3.51. The molecule has 0 saturated carbocycles. The summed E-state index contributed by atoms with van der Waals surface area (Å²) < 4.78 is 44.4. The third-order valence-electron chi connectivity index (χ3n) is 5.14. The molecule has 26 heavy (non-hydrogen) atoms. The van der Waals surface area contributed by atoms with Crippen LogP contribution in [0.4, 0.5) is 8.78 Å². The average molecular weight is 364 g/mol. The Hall–Kier alpha value is -1.72. The first-order valence-electron chi connectivity index (χ1n) is 9.25. The van der Waals surface area contributed by atoms with E-state index in [2.05, 4.69) is 31.2 Å². The lowest BCUT2D eigenvalue weighted by Gasteiger charge is -2.30. The predicted octanol–water partition coefficient (Wildman–Crippen LogP) is 5.33. The molecule has 1 saturated heterocycles. The van der Waals surface area contributed by atoms with Crippen LogP contribution in [0.15, 0.2) is 47.3 Å². The fourth-order valence-corrected chi connectivity index (χ4v) is 3.40. The van der Waals surface area contributed by atoms with Gasteiger partial charge in [0, 0.05) is 6.42 Å². The van der Waals surface area contributed by atoms with Crippen LogP contribution in [0.2, 0.25) is 0 Å². The second kappa shape index (κ2) is 8.78. The molecule has 1 heterocycles. The number of aryl methyl sites for hydroxylation is 1. The largest absolute Gasteiger partial charge is 0.498 e. The second-order valence-electron chi connectivity index (χ2n) is 6.79. The van der Waals surface area contributed by atoms with Gasteiger partial charge in [-0.25, -0.2) is 8.78 Å². The van der Waals surface area contributed by atoms with Crippen LogP contribution >= 0.6 is 0 Å². The molecule has 2 unspecified atom stereocenters. The Bertz CT molecular complexity index is 671. The zero-order valence-electron chi connectivity index (χ0n) is 15.4. The van der Waals surface area contributed by atoms with E-state index in [0.717, 1.165) is 19.3 Å². The summed E-state index contributed by atoms with van der Waals surface area (Å²) in [5.74, 6) is -1.66. The molecule has 0 radical (unpaired) electrons. The number of halogens is 2. The molecule has 1 aromatic rings. The zero-order chi connectivity index (χ0) is 18.5. The zero-order valence-corrected chi connectivity index (χ0v) is 15.4. The lowest BCUT2D eigenvalue weighted by Crippen LogP contribution is -2.28. The molecule has 5 heteroatoms. The summed E-state index contributed by atoms with van der Waals surface area (Å²) in [5, 5.41) is 0. The summed E-state index contributed by atoms with van der Waals surface area (Å²) in [6, 6.07) is 8.51. The van der Waals surface area contributed by atoms with Crippen molar-refractivity contribution in [3.63, 3.8) is 0 Å². The fraction of sp³-hybridized carbons (Fsp3) is 0.524. The predicted molar refractivity (Wildman–Crippen MR) is 96.0 cm³/mol. The van der Waals surface area contributed by atoms with E-state index in [1.165, 1.54) is 18.2 Å². The van der Waals surface area contributed by atoms with E-state index in [1.807, 2.05) is 0 Å². The van der Waals surface area contributed by atoms with Crippen LogP contribution in [0, 0.1) is 0 Å². The fourth-order valence-electron chi connectivity index (χ4n) is 3.40. The molecule has 0 aromatic heterocycles. The summed E-state index contributed by atoms with van der Waals surface area (Å²) in [4.78, 5) is 0. The molecule has 1 aliphatic carbocycles. The van der Waals surface area contributed by atoms with Crippen LogP contribution in [0.3, 0.4) is 0 Å². The number of allylic oxidation sites excluding steroid dienone is 3. The third-order valence-corrected chi connectivity index (χ3v) is 5.14. The molecule has 1 aromatic carbocycles. The Labute approximate surface area is 153 Å². The van der Waals surface area contributed by atoms with E-state index in [9.17, 15) is 8.78 Å². The van der Waals surface area contributed by atoms with Gasteiger partial charge in [-0.05, 0) is 42.4 Å². The number of hydrogen-bond acceptors (Lipinski definition) is 3. The Kier molecular flexibility index (Phi) is 6.43. The van der Waals surface area contributed by atoms with Gasteiger partial charge in [0.05, 0.1) is 32.5 Å². The molecule has 1 fully saturated rings. The quantitative estimate of drug-likeness (QED) is 0.683. The highest BCUT2D eigenvalue weighted by atomic mass is 19.2. The maximum absolute atomic E-state index is 14.0. The summed E-state index contributed by atoms with van der Waals surface area (Å²) in [7, 11) is 1.36. The number of rotatable bonds is 6. The molecular weight excluding hydrogens is 338 g/mol. The van der Waals surface area contributed by atoms with Gasteiger partial charge in [0.2, 0.25) is 0 Å². The van der Waals surface area contributed by atoms with Crippen molar-refractivity contribution in [2.24, 2.45) is 0 Å². The van der Waals surface area contributed by atoms with Gasteiger partial charge in [-0.15, -0.1) is 0 Å². The maximum Gasteiger partial charge on any atom is 0.196 e. The van der Waals surface area contributed by atoms with E-state index in [4.69, 9.17) is 14.2 Å². The number of ether oxygens (including phenoxy) is 3. The highest BCUT2D eigenvalue weighted by molar-refractivity contribution is 5.32. The molecular formula is C21H26F2O3. The molecule has 3 nitrogen and oxygen atoms in total. The summed E-state index contributed by atoms with van der Waals surface area (Å²) in [6.45, 7) is 2.70. The minimum absolute atomic E-state index is 0.0733. The van der Waals surface area contributed by atoms with Gasteiger partial charge in [-0.3, -0.25) is 0 Å². The molecule has 2 atom stereocenters. The molecule has 3 rings (SSSR count). The number of methoxy groups -OCH3 is 1. The lowest BCUT2D eigenvalue weighted by molar-refractivity contribution is -0.0825. The Balaban J connectivity index is 1.50. The standard InChI is InChI=1S/C21H26F2O3/c1-3-14-4-6-15(7-5-14)18-11-9-17(13-26-18)25-12-16-8-10-19(24-2)21(23)20(16)22/h4-7,17-18H,3,8-13H2,1-2H3. The molecule has 0 bridgehead atoms. The molecule has 142 valence electrons. The van der Waals surface area contributed by atoms with Crippen LogP contribution in [0.5, 0.6) is 0 Å². The molecule has 0 spiro atoms. The molecule has 2 aliphatic rings. The van der Waals surface area contributed by atoms with E-state index in [-0.39, 0.29) is 24.6 Å². The molecule has 0 amide bonds. The highest BCUT2D eigenvalue weighted by Crippen LogP contribution is 2.34. The smallest absolute Gasteiger partial charge is 0.196 e. The van der Waals surface area contributed by atoms with Crippen LogP contribution in [-0.4, -0.2) is 26.4 Å². The van der Waals surface area contributed by atoms with Crippen molar-refractivity contribution < 1.29 is 23.0 Å². The Morgan fingerprint density at radius 3 is 2.46 bits per heavy atom.